The van der Waals surface area contributed by atoms with Crippen LogP contribution in [0.5, 0.6) is 0 Å². The molecule has 0 saturated carbocycles. The topological polar surface area (TPSA) is 58.4 Å². The Balaban J connectivity index is 1.45. The van der Waals surface area contributed by atoms with E-state index < -0.39 is 17.0 Å². The highest BCUT2D eigenvalue weighted by atomic mass is 19.2. The summed E-state index contributed by atoms with van der Waals surface area (Å²) in [6, 6.07) is 5.77. The van der Waals surface area contributed by atoms with Crippen LogP contribution in [0, 0.1) is 17.0 Å². The second-order valence-electron chi connectivity index (χ2n) is 7.59. The van der Waals surface area contributed by atoms with E-state index in [1.165, 1.54) is 12.1 Å². The normalized spacial score (nSPS) is 22.3. The van der Waals surface area contributed by atoms with E-state index in [0.29, 0.717) is 32.5 Å². The Morgan fingerprint density at radius 2 is 2.04 bits per heavy atom. The van der Waals surface area contributed by atoms with Gasteiger partial charge in [-0.2, -0.15) is 5.10 Å². The largest absolute Gasteiger partial charge is 0.340 e. The second-order valence-corrected chi connectivity index (χ2v) is 7.59. The van der Waals surface area contributed by atoms with Gasteiger partial charge in [0, 0.05) is 44.1 Å². The minimum absolute atomic E-state index is 0.0470. The lowest BCUT2D eigenvalue weighted by Gasteiger charge is -2.39. The third kappa shape index (κ3) is 3.39. The van der Waals surface area contributed by atoms with Crippen LogP contribution >= 0.6 is 0 Å². The summed E-state index contributed by atoms with van der Waals surface area (Å²) in [6.45, 7) is 1.60. The molecule has 0 radical (unpaired) electrons. The van der Waals surface area contributed by atoms with Crippen molar-refractivity contribution in [3.63, 3.8) is 0 Å². The van der Waals surface area contributed by atoms with Gasteiger partial charge in [0.25, 0.3) is 0 Å². The third-order valence-corrected chi connectivity index (χ3v) is 5.78. The highest BCUT2D eigenvalue weighted by Gasteiger charge is 2.49. The molecule has 1 aromatic carbocycles. The molecule has 4 rings (SSSR count). The predicted octanol–water partition coefficient (Wildman–Crippen LogP) is 2.20. The van der Waals surface area contributed by atoms with Crippen molar-refractivity contribution >= 4 is 11.8 Å². The number of amides is 2. The molecule has 2 saturated heterocycles. The van der Waals surface area contributed by atoms with Gasteiger partial charge in [0.2, 0.25) is 11.8 Å². The number of rotatable bonds is 4. The van der Waals surface area contributed by atoms with Crippen LogP contribution < -0.4 is 0 Å². The summed E-state index contributed by atoms with van der Waals surface area (Å²) in [5.41, 5.74) is -0.447. The number of carbonyl (C=O) groups excluding carboxylic acids is 2. The highest BCUT2D eigenvalue weighted by molar-refractivity contribution is 5.86. The molecular weight excluding hydrogens is 366 g/mol. The van der Waals surface area contributed by atoms with Crippen molar-refractivity contribution in [1.29, 1.82) is 0 Å². The number of hydrogen-bond acceptors (Lipinski definition) is 3. The lowest BCUT2D eigenvalue weighted by atomic mass is 9.78. The number of piperidine rings is 1. The van der Waals surface area contributed by atoms with Crippen molar-refractivity contribution in [2.24, 2.45) is 5.41 Å². The summed E-state index contributed by atoms with van der Waals surface area (Å²) in [7, 11) is 0. The predicted molar refractivity (Wildman–Crippen MR) is 96.9 cm³/mol. The molecule has 0 bridgehead atoms. The van der Waals surface area contributed by atoms with Gasteiger partial charge in [-0.3, -0.25) is 14.3 Å². The lowest BCUT2D eigenvalue weighted by Crippen LogP contribution is -2.50. The van der Waals surface area contributed by atoms with Crippen molar-refractivity contribution < 1.29 is 18.4 Å². The standard InChI is InChI=1S/C20H22F2N4O2/c21-16-5-1-4-15(18(16)22)12-24-9-2-6-20(19(24)28)7-11-25(14-20)17(27)13-26-10-3-8-23-26/h1,3-5,8,10H,2,6-7,9,11-14H2. The minimum atomic E-state index is -0.909. The van der Waals surface area contributed by atoms with Crippen LogP contribution in [0.4, 0.5) is 8.78 Å². The highest BCUT2D eigenvalue weighted by Crippen LogP contribution is 2.40. The fraction of sp³-hybridized carbons (Fsp3) is 0.450. The van der Waals surface area contributed by atoms with Gasteiger partial charge >= 0.3 is 0 Å². The number of halogens is 2. The lowest BCUT2D eigenvalue weighted by molar-refractivity contribution is -0.147. The van der Waals surface area contributed by atoms with Gasteiger partial charge in [0.1, 0.15) is 6.54 Å². The van der Waals surface area contributed by atoms with Gasteiger partial charge in [-0.15, -0.1) is 0 Å². The molecular formula is C20H22F2N4O2. The Morgan fingerprint density at radius 3 is 2.82 bits per heavy atom. The first kappa shape index (κ1) is 18.6. The van der Waals surface area contributed by atoms with Crippen molar-refractivity contribution in [2.75, 3.05) is 19.6 Å². The molecule has 1 unspecified atom stereocenters. The van der Waals surface area contributed by atoms with Crippen molar-refractivity contribution in [2.45, 2.75) is 32.4 Å². The van der Waals surface area contributed by atoms with E-state index in [1.807, 2.05) is 0 Å². The zero-order valence-corrected chi connectivity index (χ0v) is 15.5. The van der Waals surface area contributed by atoms with Crippen LogP contribution in [0.3, 0.4) is 0 Å². The van der Waals surface area contributed by atoms with E-state index in [1.54, 1.807) is 32.9 Å². The molecule has 0 N–H and O–H groups in total. The smallest absolute Gasteiger partial charge is 0.244 e. The number of likely N-dealkylation sites (tertiary alicyclic amines) is 2. The number of aromatic nitrogens is 2. The van der Waals surface area contributed by atoms with Crippen molar-refractivity contribution in [3.05, 3.63) is 53.9 Å². The van der Waals surface area contributed by atoms with E-state index in [4.69, 9.17) is 0 Å². The molecule has 1 atom stereocenters. The molecule has 148 valence electrons. The molecule has 2 aromatic rings. The average molecular weight is 388 g/mol. The van der Waals surface area contributed by atoms with Crippen molar-refractivity contribution in [3.8, 4) is 0 Å². The van der Waals surface area contributed by atoms with Gasteiger partial charge in [0.15, 0.2) is 11.6 Å². The molecule has 28 heavy (non-hydrogen) atoms. The zero-order chi connectivity index (χ0) is 19.7. The Labute approximate surface area is 161 Å². The summed E-state index contributed by atoms with van der Waals surface area (Å²) in [6.07, 6.45) is 5.43. The Kier molecular flexibility index (Phi) is 4.87. The van der Waals surface area contributed by atoms with Crippen LogP contribution in [0.1, 0.15) is 24.8 Å². The SMILES string of the molecule is O=C(Cn1cccn1)N1CCC2(CCCN(Cc3cccc(F)c3F)C2=O)C1. The quantitative estimate of drug-likeness (QED) is 0.807. The fourth-order valence-electron chi connectivity index (χ4n) is 4.28. The second kappa shape index (κ2) is 7.33. The van der Waals surface area contributed by atoms with Crippen LogP contribution in [-0.2, 0) is 22.7 Å². The van der Waals surface area contributed by atoms with Gasteiger partial charge in [-0.25, -0.2) is 8.78 Å². The molecule has 6 nitrogen and oxygen atoms in total. The molecule has 2 amide bonds. The summed E-state index contributed by atoms with van der Waals surface area (Å²) >= 11 is 0. The Morgan fingerprint density at radius 1 is 1.18 bits per heavy atom. The minimum Gasteiger partial charge on any atom is -0.340 e. The summed E-state index contributed by atoms with van der Waals surface area (Å²) < 4.78 is 29.1. The maximum atomic E-state index is 14.0. The average Bonchev–Trinajstić information content (AvgIpc) is 3.34. The van der Waals surface area contributed by atoms with E-state index in [9.17, 15) is 18.4 Å². The van der Waals surface area contributed by atoms with Gasteiger partial charge in [-0.05, 0) is 31.4 Å². The van der Waals surface area contributed by atoms with Crippen LogP contribution in [0.25, 0.3) is 0 Å². The number of nitrogens with zero attached hydrogens (tertiary/aromatic N) is 4. The molecule has 2 aliphatic rings. The van der Waals surface area contributed by atoms with Crippen LogP contribution in [0.15, 0.2) is 36.7 Å². The van der Waals surface area contributed by atoms with E-state index in [-0.39, 0.29) is 30.5 Å². The van der Waals surface area contributed by atoms with Crippen molar-refractivity contribution in [1.82, 2.24) is 19.6 Å². The Bertz CT molecular complexity index is 886. The summed E-state index contributed by atoms with van der Waals surface area (Å²) in [5, 5.41) is 4.05. The fourth-order valence-corrected chi connectivity index (χ4v) is 4.28. The first-order chi connectivity index (χ1) is 13.5. The molecule has 0 aliphatic carbocycles. The van der Waals surface area contributed by atoms with E-state index in [2.05, 4.69) is 5.10 Å². The molecule has 1 aromatic heterocycles. The molecule has 2 fully saturated rings. The maximum Gasteiger partial charge on any atom is 0.244 e. The van der Waals surface area contributed by atoms with Crippen LogP contribution in [-0.4, -0.2) is 51.0 Å². The molecule has 3 heterocycles. The molecule has 8 heteroatoms. The summed E-state index contributed by atoms with van der Waals surface area (Å²) in [4.78, 5) is 29.1. The van der Waals surface area contributed by atoms with Gasteiger partial charge < -0.3 is 9.80 Å². The first-order valence-electron chi connectivity index (χ1n) is 9.46. The van der Waals surface area contributed by atoms with Gasteiger partial charge in [0.05, 0.1) is 5.41 Å². The number of carbonyl (C=O) groups is 2. The third-order valence-electron chi connectivity index (χ3n) is 5.78. The zero-order valence-electron chi connectivity index (χ0n) is 15.5. The monoisotopic (exact) mass is 388 g/mol. The molecule has 1 spiro atoms. The van der Waals surface area contributed by atoms with Crippen LogP contribution in [0.2, 0.25) is 0 Å². The number of hydrogen-bond donors (Lipinski definition) is 0. The van der Waals surface area contributed by atoms with E-state index in [0.717, 1.165) is 12.5 Å². The van der Waals surface area contributed by atoms with E-state index >= 15 is 0 Å². The van der Waals surface area contributed by atoms with Gasteiger partial charge in [-0.1, -0.05) is 12.1 Å². The number of benzene rings is 1. The summed E-state index contributed by atoms with van der Waals surface area (Å²) in [5.74, 6) is -1.95. The first-order valence-corrected chi connectivity index (χ1v) is 9.46. The maximum absolute atomic E-state index is 14.0. The Hall–Kier alpha value is -2.77. The molecule has 2 aliphatic heterocycles.